The molecule has 1 aromatic carbocycles. The number of carbonyl (C=O) groups is 2. The number of benzene rings is 1. The highest BCUT2D eigenvalue weighted by Crippen LogP contribution is 2.15. The quantitative estimate of drug-likeness (QED) is 0.753. The Labute approximate surface area is 169 Å². The average molecular weight is 417 g/mol. The molecule has 154 valence electrons. The van der Waals surface area contributed by atoms with E-state index in [0.29, 0.717) is 17.9 Å². The number of hydrogen-bond donors (Lipinski definition) is 1. The van der Waals surface area contributed by atoms with Gasteiger partial charge in [0.05, 0.1) is 11.5 Å². The van der Waals surface area contributed by atoms with Crippen LogP contribution in [-0.2, 0) is 21.2 Å². The molecule has 2 heterocycles. The molecule has 29 heavy (non-hydrogen) atoms. The normalized spacial score (nSPS) is 16.7. The lowest BCUT2D eigenvalue weighted by atomic mass is 10.2. The molecule has 1 atom stereocenters. The Morgan fingerprint density at radius 1 is 1.21 bits per heavy atom. The molecule has 0 saturated carbocycles. The molecule has 0 aliphatic carbocycles. The molecular weight excluding hydrogens is 394 g/mol. The van der Waals surface area contributed by atoms with Crippen LogP contribution < -0.4 is 10.1 Å². The first-order valence-electron chi connectivity index (χ1n) is 9.26. The molecule has 9 heteroatoms. The lowest BCUT2D eigenvalue weighted by Crippen LogP contribution is -2.51. The van der Waals surface area contributed by atoms with Crippen molar-refractivity contribution >= 4 is 21.7 Å². The molecule has 0 bridgehead atoms. The van der Waals surface area contributed by atoms with Gasteiger partial charge in [0.15, 0.2) is 9.84 Å². The zero-order valence-electron chi connectivity index (χ0n) is 16.1. The fraction of sp³-hybridized carbons (Fsp3) is 0.350. The summed E-state index contributed by atoms with van der Waals surface area (Å²) in [6, 6.07) is 9.64. The monoisotopic (exact) mass is 417 g/mol. The molecule has 2 amide bonds. The van der Waals surface area contributed by atoms with Gasteiger partial charge in [-0.1, -0.05) is 12.1 Å². The number of amides is 2. The third-order valence-electron chi connectivity index (χ3n) is 4.60. The molecule has 1 aliphatic rings. The van der Waals surface area contributed by atoms with Gasteiger partial charge in [-0.25, -0.2) is 8.42 Å². The van der Waals surface area contributed by atoms with Crippen molar-refractivity contribution in [1.29, 1.82) is 0 Å². The number of ether oxygens (including phenoxy) is 1. The van der Waals surface area contributed by atoms with Gasteiger partial charge in [0.1, 0.15) is 18.4 Å². The molecule has 1 aromatic heterocycles. The van der Waals surface area contributed by atoms with Gasteiger partial charge in [-0.3, -0.25) is 14.6 Å². The fourth-order valence-corrected chi connectivity index (χ4v) is 4.13. The smallest absolute Gasteiger partial charge is 0.252 e. The maximum absolute atomic E-state index is 12.5. The second-order valence-electron chi connectivity index (χ2n) is 6.85. The summed E-state index contributed by atoms with van der Waals surface area (Å²) in [6.07, 6.45) is 3.38. The average Bonchev–Trinajstić information content (AvgIpc) is 2.72. The predicted molar refractivity (Wildman–Crippen MR) is 107 cm³/mol. The van der Waals surface area contributed by atoms with E-state index >= 15 is 0 Å². The molecule has 0 spiro atoms. The molecule has 1 aliphatic heterocycles. The predicted octanol–water partition coefficient (Wildman–Crippen LogP) is 1.04. The summed E-state index contributed by atoms with van der Waals surface area (Å²) >= 11 is 0. The summed E-state index contributed by atoms with van der Waals surface area (Å²) < 4.78 is 28.7. The Bertz CT molecular complexity index is 965. The maximum atomic E-state index is 12.5. The minimum atomic E-state index is -3.07. The van der Waals surface area contributed by atoms with Crippen LogP contribution in [-0.4, -0.2) is 60.8 Å². The van der Waals surface area contributed by atoms with E-state index < -0.39 is 21.8 Å². The SMILES string of the molecule is CC(NC(=O)c1cccc(OCc2cccnc2)c1)C(=O)N1CCS(=O)(=O)CC1. The van der Waals surface area contributed by atoms with Crippen LogP contribution in [0.3, 0.4) is 0 Å². The van der Waals surface area contributed by atoms with E-state index in [1.54, 1.807) is 43.6 Å². The van der Waals surface area contributed by atoms with Gasteiger partial charge < -0.3 is 15.0 Å². The van der Waals surface area contributed by atoms with Crippen LogP contribution in [0.1, 0.15) is 22.8 Å². The van der Waals surface area contributed by atoms with E-state index in [0.717, 1.165) is 5.56 Å². The van der Waals surface area contributed by atoms with Crippen molar-refractivity contribution in [3.05, 3.63) is 59.9 Å². The van der Waals surface area contributed by atoms with Crippen LogP contribution in [0.2, 0.25) is 0 Å². The van der Waals surface area contributed by atoms with Crippen LogP contribution in [0.5, 0.6) is 5.75 Å². The largest absolute Gasteiger partial charge is 0.489 e. The number of aromatic nitrogens is 1. The molecule has 1 saturated heterocycles. The van der Waals surface area contributed by atoms with E-state index in [4.69, 9.17) is 4.74 Å². The van der Waals surface area contributed by atoms with Crippen LogP contribution in [0.15, 0.2) is 48.8 Å². The zero-order valence-corrected chi connectivity index (χ0v) is 16.9. The van der Waals surface area contributed by atoms with E-state index in [-0.39, 0.29) is 30.5 Å². The number of nitrogens with zero attached hydrogens (tertiary/aromatic N) is 2. The molecule has 1 fully saturated rings. The Morgan fingerprint density at radius 2 is 1.97 bits per heavy atom. The highest BCUT2D eigenvalue weighted by Gasteiger charge is 2.28. The molecule has 0 radical (unpaired) electrons. The second kappa shape index (κ2) is 9.04. The number of carbonyl (C=O) groups excluding carboxylic acids is 2. The minimum absolute atomic E-state index is 0.0459. The topological polar surface area (TPSA) is 106 Å². The summed E-state index contributed by atoms with van der Waals surface area (Å²) in [6.45, 7) is 2.22. The number of sulfone groups is 1. The lowest BCUT2D eigenvalue weighted by molar-refractivity contribution is -0.132. The summed E-state index contributed by atoms with van der Waals surface area (Å²) in [7, 11) is -3.07. The molecular formula is C20H23N3O5S. The number of nitrogens with one attached hydrogen (secondary N) is 1. The summed E-state index contributed by atoms with van der Waals surface area (Å²) in [4.78, 5) is 30.5. The zero-order chi connectivity index (χ0) is 20.9. The van der Waals surface area contributed by atoms with Gasteiger partial charge in [-0.05, 0) is 31.2 Å². The van der Waals surface area contributed by atoms with Gasteiger partial charge in [0.25, 0.3) is 5.91 Å². The third kappa shape index (κ3) is 5.77. The van der Waals surface area contributed by atoms with Crippen LogP contribution >= 0.6 is 0 Å². The minimum Gasteiger partial charge on any atom is -0.489 e. The van der Waals surface area contributed by atoms with Crippen molar-refractivity contribution in [2.45, 2.75) is 19.6 Å². The van der Waals surface area contributed by atoms with Gasteiger partial charge in [0.2, 0.25) is 5.91 Å². The Kier molecular flexibility index (Phi) is 6.48. The van der Waals surface area contributed by atoms with Crippen molar-refractivity contribution in [2.24, 2.45) is 0 Å². The van der Waals surface area contributed by atoms with E-state index in [1.807, 2.05) is 12.1 Å². The van der Waals surface area contributed by atoms with Crippen molar-refractivity contribution in [3.63, 3.8) is 0 Å². The van der Waals surface area contributed by atoms with E-state index in [2.05, 4.69) is 10.3 Å². The third-order valence-corrected chi connectivity index (χ3v) is 6.21. The fourth-order valence-electron chi connectivity index (χ4n) is 2.93. The lowest BCUT2D eigenvalue weighted by Gasteiger charge is -2.29. The number of hydrogen-bond acceptors (Lipinski definition) is 6. The van der Waals surface area contributed by atoms with Gasteiger partial charge >= 0.3 is 0 Å². The summed E-state index contributed by atoms with van der Waals surface area (Å²) in [5, 5.41) is 2.67. The molecule has 1 unspecified atom stereocenters. The van der Waals surface area contributed by atoms with Crippen molar-refractivity contribution in [2.75, 3.05) is 24.6 Å². The van der Waals surface area contributed by atoms with Gasteiger partial charge in [-0.2, -0.15) is 0 Å². The number of pyridine rings is 1. The highest BCUT2D eigenvalue weighted by molar-refractivity contribution is 7.91. The second-order valence-corrected chi connectivity index (χ2v) is 9.15. The summed E-state index contributed by atoms with van der Waals surface area (Å²) in [5.74, 6) is -0.257. The van der Waals surface area contributed by atoms with E-state index in [9.17, 15) is 18.0 Å². The Balaban J connectivity index is 1.56. The van der Waals surface area contributed by atoms with Gasteiger partial charge in [-0.15, -0.1) is 0 Å². The maximum Gasteiger partial charge on any atom is 0.252 e. The molecule has 3 rings (SSSR count). The molecule has 8 nitrogen and oxygen atoms in total. The highest BCUT2D eigenvalue weighted by atomic mass is 32.2. The molecule has 2 aromatic rings. The van der Waals surface area contributed by atoms with Crippen molar-refractivity contribution in [3.8, 4) is 5.75 Å². The first-order valence-corrected chi connectivity index (χ1v) is 11.1. The van der Waals surface area contributed by atoms with Crippen molar-refractivity contribution < 1.29 is 22.7 Å². The number of rotatable bonds is 6. The Hall–Kier alpha value is -2.94. The van der Waals surface area contributed by atoms with Crippen LogP contribution in [0, 0.1) is 0 Å². The first-order chi connectivity index (χ1) is 13.8. The van der Waals surface area contributed by atoms with Crippen LogP contribution in [0.4, 0.5) is 0 Å². The van der Waals surface area contributed by atoms with Crippen molar-refractivity contribution in [1.82, 2.24) is 15.2 Å². The Morgan fingerprint density at radius 3 is 2.66 bits per heavy atom. The van der Waals surface area contributed by atoms with E-state index in [1.165, 1.54) is 4.90 Å². The first kappa shape index (κ1) is 20.8. The van der Waals surface area contributed by atoms with Crippen LogP contribution in [0.25, 0.3) is 0 Å². The standard InChI is InChI=1S/C20H23N3O5S/c1-15(20(25)23-8-10-29(26,27)11-9-23)22-19(24)17-5-2-6-18(12-17)28-14-16-4-3-7-21-13-16/h2-7,12-13,15H,8-11,14H2,1H3,(H,22,24). The van der Waals surface area contributed by atoms with Gasteiger partial charge in [0, 0.05) is 36.6 Å². The summed E-state index contributed by atoms with van der Waals surface area (Å²) in [5.41, 5.74) is 1.28. The molecule has 1 N–H and O–H groups in total.